The van der Waals surface area contributed by atoms with Gasteiger partial charge in [-0.1, -0.05) is 23.7 Å². The SMILES string of the molecule is COc1ccc(CNC(=O)/C(C#N)=C/c2ccc(-c3cccc(Cl)c3)o2)c(OC)c1. The second-order valence-electron chi connectivity index (χ2n) is 6.24. The molecule has 0 spiro atoms. The minimum absolute atomic E-state index is 0.0746. The van der Waals surface area contributed by atoms with Crippen LogP contribution in [0.1, 0.15) is 11.3 Å². The van der Waals surface area contributed by atoms with E-state index in [0.717, 1.165) is 11.1 Å². The Morgan fingerprint density at radius 1 is 1.17 bits per heavy atom. The molecule has 152 valence electrons. The van der Waals surface area contributed by atoms with Crippen LogP contribution in [-0.2, 0) is 11.3 Å². The van der Waals surface area contributed by atoms with Gasteiger partial charge in [0.15, 0.2) is 0 Å². The van der Waals surface area contributed by atoms with Crippen molar-refractivity contribution in [2.24, 2.45) is 0 Å². The maximum Gasteiger partial charge on any atom is 0.262 e. The summed E-state index contributed by atoms with van der Waals surface area (Å²) in [5.41, 5.74) is 1.48. The van der Waals surface area contributed by atoms with Gasteiger partial charge in [-0.2, -0.15) is 5.26 Å². The number of carbonyl (C=O) groups excluding carboxylic acids is 1. The molecular formula is C23H19ClN2O4. The highest BCUT2D eigenvalue weighted by Crippen LogP contribution is 2.26. The standard InChI is InChI=1S/C23H19ClN2O4/c1-28-19-7-6-16(22(12-19)29-2)14-26-23(27)17(13-25)11-20-8-9-21(30-20)15-4-3-5-18(24)10-15/h3-12H,14H2,1-2H3,(H,26,27)/b17-11+. The first-order valence-electron chi connectivity index (χ1n) is 9.00. The molecule has 0 bridgehead atoms. The highest BCUT2D eigenvalue weighted by molar-refractivity contribution is 6.30. The monoisotopic (exact) mass is 422 g/mol. The normalized spacial score (nSPS) is 10.9. The van der Waals surface area contributed by atoms with Crippen molar-refractivity contribution in [3.05, 3.63) is 76.5 Å². The van der Waals surface area contributed by atoms with E-state index in [9.17, 15) is 10.1 Å². The first-order chi connectivity index (χ1) is 14.5. The molecule has 6 nitrogen and oxygen atoms in total. The van der Waals surface area contributed by atoms with Crippen LogP contribution < -0.4 is 14.8 Å². The van der Waals surface area contributed by atoms with E-state index >= 15 is 0 Å². The summed E-state index contributed by atoms with van der Waals surface area (Å²) >= 11 is 6.01. The van der Waals surface area contributed by atoms with E-state index in [2.05, 4.69) is 5.32 Å². The molecule has 1 aromatic heterocycles. The number of ether oxygens (including phenoxy) is 2. The molecule has 3 rings (SSSR count). The Morgan fingerprint density at radius 2 is 2.00 bits per heavy atom. The molecule has 0 unspecified atom stereocenters. The lowest BCUT2D eigenvalue weighted by atomic mass is 10.1. The van der Waals surface area contributed by atoms with Crippen LogP contribution in [0.15, 0.2) is 64.6 Å². The molecule has 0 fully saturated rings. The predicted molar refractivity (Wildman–Crippen MR) is 114 cm³/mol. The predicted octanol–water partition coefficient (Wildman–Crippen LogP) is 4.84. The summed E-state index contributed by atoms with van der Waals surface area (Å²) in [6.07, 6.45) is 1.40. The van der Waals surface area contributed by atoms with Crippen LogP contribution in [0.4, 0.5) is 0 Å². The Hall–Kier alpha value is -3.69. The first kappa shape index (κ1) is 21.0. The molecule has 0 aliphatic rings. The minimum atomic E-state index is -0.518. The Kier molecular flexibility index (Phi) is 6.79. The van der Waals surface area contributed by atoms with Gasteiger partial charge in [-0.05, 0) is 36.4 Å². The van der Waals surface area contributed by atoms with Crippen LogP contribution in [-0.4, -0.2) is 20.1 Å². The van der Waals surface area contributed by atoms with Gasteiger partial charge in [-0.25, -0.2) is 0 Å². The van der Waals surface area contributed by atoms with Gasteiger partial charge in [-0.3, -0.25) is 4.79 Å². The number of nitrogens with zero attached hydrogens (tertiary/aromatic N) is 1. The van der Waals surface area contributed by atoms with E-state index in [1.54, 1.807) is 49.6 Å². The quantitative estimate of drug-likeness (QED) is 0.435. The summed E-state index contributed by atoms with van der Waals surface area (Å²) in [5.74, 6) is 1.68. The molecule has 30 heavy (non-hydrogen) atoms. The van der Waals surface area contributed by atoms with Crippen molar-refractivity contribution in [3.63, 3.8) is 0 Å². The maximum atomic E-state index is 12.5. The molecule has 0 aliphatic carbocycles. The van der Waals surface area contributed by atoms with Crippen molar-refractivity contribution in [1.29, 1.82) is 5.26 Å². The van der Waals surface area contributed by atoms with E-state index in [-0.39, 0.29) is 12.1 Å². The average molecular weight is 423 g/mol. The van der Waals surface area contributed by atoms with Gasteiger partial charge in [0.25, 0.3) is 5.91 Å². The molecule has 0 saturated carbocycles. The number of rotatable bonds is 7. The van der Waals surface area contributed by atoms with Crippen LogP contribution in [0.3, 0.4) is 0 Å². The van der Waals surface area contributed by atoms with Crippen molar-refractivity contribution >= 4 is 23.6 Å². The fraction of sp³-hybridized carbons (Fsp3) is 0.130. The molecular weight excluding hydrogens is 404 g/mol. The van der Waals surface area contributed by atoms with Gasteiger partial charge < -0.3 is 19.2 Å². The van der Waals surface area contributed by atoms with E-state index in [1.165, 1.54) is 13.2 Å². The number of halogens is 1. The number of hydrogen-bond acceptors (Lipinski definition) is 5. The third-order valence-corrected chi connectivity index (χ3v) is 4.56. The molecule has 3 aromatic rings. The van der Waals surface area contributed by atoms with Crippen LogP contribution in [0.2, 0.25) is 5.02 Å². The lowest BCUT2D eigenvalue weighted by Crippen LogP contribution is -2.24. The van der Waals surface area contributed by atoms with Gasteiger partial charge in [0.2, 0.25) is 0 Å². The van der Waals surface area contributed by atoms with Crippen molar-refractivity contribution in [2.45, 2.75) is 6.54 Å². The summed E-state index contributed by atoms with van der Waals surface area (Å²) in [6.45, 7) is 0.191. The summed E-state index contributed by atoms with van der Waals surface area (Å²) in [6, 6.07) is 17.9. The topological polar surface area (TPSA) is 84.5 Å². The zero-order valence-corrected chi connectivity index (χ0v) is 17.2. The van der Waals surface area contributed by atoms with E-state index in [1.807, 2.05) is 18.2 Å². The zero-order valence-electron chi connectivity index (χ0n) is 16.4. The third kappa shape index (κ3) is 5.02. The van der Waals surface area contributed by atoms with Crippen LogP contribution in [0, 0.1) is 11.3 Å². The zero-order chi connectivity index (χ0) is 21.5. The summed E-state index contributed by atoms with van der Waals surface area (Å²) in [4.78, 5) is 12.5. The maximum absolute atomic E-state index is 12.5. The van der Waals surface area contributed by atoms with E-state index in [4.69, 9.17) is 25.5 Å². The third-order valence-electron chi connectivity index (χ3n) is 4.32. The van der Waals surface area contributed by atoms with Gasteiger partial charge >= 0.3 is 0 Å². The highest BCUT2D eigenvalue weighted by Gasteiger charge is 2.13. The molecule has 7 heteroatoms. The molecule has 0 atom stereocenters. The second kappa shape index (κ2) is 9.68. The van der Waals surface area contributed by atoms with E-state index in [0.29, 0.717) is 28.0 Å². The smallest absolute Gasteiger partial charge is 0.262 e. The molecule has 0 aliphatic heterocycles. The Morgan fingerprint density at radius 3 is 2.70 bits per heavy atom. The number of furan rings is 1. The average Bonchev–Trinajstić information content (AvgIpc) is 3.24. The Balaban J connectivity index is 1.72. The van der Waals surface area contributed by atoms with Gasteiger partial charge in [0.1, 0.15) is 34.7 Å². The summed E-state index contributed by atoms with van der Waals surface area (Å²) < 4.78 is 16.2. The lowest BCUT2D eigenvalue weighted by Gasteiger charge is -2.11. The number of methoxy groups -OCH3 is 2. The van der Waals surface area contributed by atoms with Crippen LogP contribution in [0.25, 0.3) is 17.4 Å². The fourth-order valence-electron chi connectivity index (χ4n) is 2.79. The largest absolute Gasteiger partial charge is 0.497 e. The summed E-state index contributed by atoms with van der Waals surface area (Å²) in [7, 11) is 3.10. The molecule has 1 amide bonds. The molecule has 1 N–H and O–H groups in total. The minimum Gasteiger partial charge on any atom is -0.497 e. The Labute approximate surface area is 179 Å². The number of nitriles is 1. The van der Waals surface area contributed by atoms with Crippen molar-refractivity contribution in [2.75, 3.05) is 14.2 Å². The fourth-order valence-corrected chi connectivity index (χ4v) is 2.98. The molecule has 2 aromatic carbocycles. The number of benzene rings is 2. The number of nitrogens with one attached hydrogen (secondary N) is 1. The van der Waals surface area contributed by atoms with Crippen molar-refractivity contribution < 1.29 is 18.7 Å². The van der Waals surface area contributed by atoms with Crippen LogP contribution in [0.5, 0.6) is 11.5 Å². The Bertz CT molecular complexity index is 1130. The second-order valence-corrected chi connectivity index (χ2v) is 6.68. The first-order valence-corrected chi connectivity index (χ1v) is 9.38. The lowest BCUT2D eigenvalue weighted by molar-refractivity contribution is -0.117. The number of carbonyl (C=O) groups is 1. The van der Waals surface area contributed by atoms with Crippen molar-refractivity contribution in [3.8, 4) is 28.9 Å². The van der Waals surface area contributed by atoms with Gasteiger partial charge in [-0.15, -0.1) is 0 Å². The van der Waals surface area contributed by atoms with Gasteiger partial charge in [0, 0.05) is 34.8 Å². The molecule has 1 heterocycles. The van der Waals surface area contributed by atoms with Crippen molar-refractivity contribution in [1.82, 2.24) is 5.32 Å². The number of hydrogen-bond donors (Lipinski definition) is 1. The highest BCUT2D eigenvalue weighted by atomic mass is 35.5. The van der Waals surface area contributed by atoms with Crippen LogP contribution >= 0.6 is 11.6 Å². The van der Waals surface area contributed by atoms with Gasteiger partial charge in [0.05, 0.1) is 14.2 Å². The van der Waals surface area contributed by atoms with E-state index < -0.39 is 5.91 Å². The molecule has 0 radical (unpaired) electrons. The molecule has 0 saturated heterocycles. The number of amides is 1. The summed E-state index contributed by atoms with van der Waals surface area (Å²) in [5, 5.41) is 12.7.